The van der Waals surface area contributed by atoms with Crippen LogP contribution in [0.5, 0.6) is 5.88 Å². The monoisotopic (exact) mass is 629 g/mol. The van der Waals surface area contributed by atoms with E-state index < -0.39 is 18.0 Å². The Morgan fingerprint density at radius 1 is 1.05 bits per heavy atom. The molecule has 2 bridgehead atoms. The molecular formula is C31H29BrFN7O2. The van der Waals surface area contributed by atoms with Gasteiger partial charge in [-0.3, -0.25) is 4.79 Å². The highest BCUT2D eigenvalue weighted by Gasteiger charge is 2.27. The normalized spacial score (nSPS) is 16.8. The summed E-state index contributed by atoms with van der Waals surface area (Å²) in [6.45, 7) is 5.04. The molecule has 1 amide bonds. The number of benzene rings is 2. The average molecular weight is 631 g/mol. The van der Waals surface area contributed by atoms with Crippen molar-refractivity contribution in [3.05, 3.63) is 112 Å². The van der Waals surface area contributed by atoms with Gasteiger partial charge >= 0.3 is 0 Å². The number of carbonyl (C=O) groups excluding carboxylic acids is 1. The van der Waals surface area contributed by atoms with Gasteiger partial charge in [-0.15, -0.1) is 0 Å². The topological polar surface area (TPSA) is 96.7 Å². The molecule has 6 rings (SSSR count). The lowest BCUT2D eigenvalue weighted by Gasteiger charge is -2.28. The number of halogens is 2. The van der Waals surface area contributed by atoms with Crippen molar-refractivity contribution in [2.45, 2.75) is 39.1 Å². The van der Waals surface area contributed by atoms with Gasteiger partial charge in [-0.05, 0) is 47.0 Å². The molecule has 0 saturated carbocycles. The van der Waals surface area contributed by atoms with Gasteiger partial charge in [0, 0.05) is 18.7 Å². The molecule has 1 aliphatic heterocycles. The van der Waals surface area contributed by atoms with Crippen LogP contribution in [0.25, 0.3) is 5.65 Å². The van der Waals surface area contributed by atoms with Crippen LogP contribution in [0.15, 0.2) is 83.6 Å². The van der Waals surface area contributed by atoms with E-state index in [1.54, 1.807) is 4.52 Å². The van der Waals surface area contributed by atoms with Crippen molar-refractivity contribution in [1.29, 1.82) is 0 Å². The van der Waals surface area contributed by atoms with Crippen LogP contribution in [0.1, 0.15) is 46.9 Å². The summed E-state index contributed by atoms with van der Waals surface area (Å²) in [7, 11) is 0. The van der Waals surface area contributed by atoms with Crippen LogP contribution in [-0.4, -0.2) is 38.1 Å². The maximum Gasteiger partial charge on any atom is 0.256 e. The molecule has 4 heterocycles. The van der Waals surface area contributed by atoms with E-state index >= 15 is 0 Å². The minimum Gasteiger partial charge on any atom is -0.473 e. The number of fused-ring (bicyclic) bond motifs is 2. The molecule has 1 aliphatic rings. The van der Waals surface area contributed by atoms with E-state index in [0.717, 1.165) is 17.3 Å². The average Bonchev–Trinajstić information content (AvgIpc) is 3.41. The molecule has 0 radical (unpaired) electrons. The van der Waals surface area contributed by atoms with E-state index in [1.165, 1.54) is 12.3 Å². The number of hydrogen-bond acceptors (Lipinski definition) is 7. The molecule has 5 aromatic rings. The second-order valence-electron chi connectivity index (χ2n) is 10.3. The Morgan fingerprint density at radius 2 is 1.71 bits per heavy atom. The summed E-state index contributed by atoms with van der Waals surface area (Å²) in [6, 6.07) is 21.2. The molecule has 2 aromatic carbocycles. The van der Waals surface area contributed by atoms with Crippen LogP contribution in [0.3, 0.4) is 0 Å². The summed E-state index contributed by atoms with van der Waals surface area (Å²) in [4.78, 5) is 24.6. The molecule has 42 heavy (non-hydrogen) atoms. The van der Waals surface area contributed by atoms with Crippen LogP contribution < -0.4 is 20.3 Å². The second-order valence-corrected chi connectivity index (χ2v) is 11.1. The fraction of sp³-hybridized carbons (Fsp3) is 0.226. The highest BCUT2D eigenvalue weighted by Crippen LogP contribution is 2.38. The molecule has 2 unspecified atom stereocenters. The fourth-order valence-electron chi connectivity index (χ4n) is 5.00. The van der Waals surface area contributed by atoms with Crippen LogP contribution in [0.2, 0.25) is 0 Å². The first-order valence-corrected chi connectivity index (χ1v) is 14.4. The Bertz CT molecular complexity index is 1690. The summed E-state index contributed by atoms with van der Waals surface area (Å²) < 4.78 is 22.7. The zero-order chi connectivity index (χ0) is 29.2. The molecule has 9 nitrogen and oxygen atoms in total. The van der Waals surface area contributed by atoms with Gasteiger partial charge in [-0.1, -0.05) is 60.7 Å². The Hall–Kier alpha value is -4.51. The quantitative estimate of drug-likeness (QED) is 0.249. The molecule has 214 valence electrons. The van der Waals surface area contributed by atoms with E-state index in [0.29, 0.717) is 46.0 Å². The van der Waals surface area contributed by atoms with Crippen LogP contribution >= 0.6 is 15.9 Å². The van der Waals surface area contributed by atoms with Crippen LogP contribution in [-0.2, 0) is 13.1 Å². The SMILES string of the molecule is CC1CNC(=O)c2cnn3c(N(Cc4ccccc4)Cc4ccccc4)c(Br)c(nc23)NC(C)c2cc(F)cnc2O1. The molecule has 2 N–H and O–H groups in total. The van der Waals surface area contributed by atoms with Crippen molar-refractivity contribution < 1.29 is 13.9 Å². The zero-order valence-electron chi connectivity index (χ0n) is 23.1. The summed E-state index contributed by atoms with van der Waals surface area (Å²) in [5, 5.41) is 11.0. The lowest BCUT2D eigenvalue weighted by molar-refractivity contribution is 0.0932. The highest BCUT2D eigenvalue weighted by atomic mass is 79.9. The predicted molar refractivity (Wildman–Crippen MR) is 162 cm³/mol. The smallest absolute Gasteiger partial charge is 0.256 e. The second kappa shape index (κ2) is 11.8. The number of ether oxygens (including phenoxy) is 1. The van der Waals surface area contributed by atoms with Crippen LogP contribution in [0, 0.1) is 5.82 Å². The van der Waals surface area contributed by atoms with Gasteiger partial charge in [0.25, 0.3) is 5.91 Å². The number of hydrogen-bond donors (Lipinski definition) is 2. The van der Waals surface area contributed by atoms with E-state index in [1.807, 2.05) is 50.2 Å². The highest BCUT2D eigenvalue weighted by molar-refractivity contribution is 9.10. The van der Waals surface area contributed by atoms with Gasteiger partial charge in [0.15, 0.2) is 11.5 Å². The largest absolute Gasteiger partial charge is 0.473 e. The van der Waals surface area contributed by atoms with Crippen LogP contribution in [0.4, 0.5) is 16.0 Å². The number of pyridine rings is 1. The zero-order valence-corrected chi connectivity index (χ0v) is 24.7. The van der Waals surface area contributed by atoms with Gasteiger partial charge < -0.3 is 20.3 Å². The minimum atomic E-state index is -0.477. The Morgan fingerprint density at radius 3 is 2.38 bits per heavy atom. The lowest BCUT2D eigenvalue weighted by atomic mass is 10.1. The first-order valence-electron chi connectivity index (χ1n) is 13.6. The van der Waals surface area contributed by atoms with Gasteiger partial charge in [0.2, 0.25) is 5.88 Å². The first kappa shape index (κ1) is 27.6. The fourth-order valence-corrected chi connectivity index (χ4v) is 5.62. The van der Waals surface area contributed by atoms with E-state index in [9.17, 15) is 9.18 Å². The van der Waals surface area contributed by atoms with Gasteiger partial charge in [0.05, 0.1) is 25.0 Å². The third-order valence-corrected chi connectivity index (χ3v) is 7.80. The van der Waals surface area contributed by atoms with Gasteiger partial charge in [-0.2, -0.15) is 9.61 Å². The number of nitrogens with one attached hydrogen (secondary N) is 2. The third-order valence-electron chi connectivity index (χ3n) is 7.07. The Labute approximate surface area is 250 Å². The maximum atomic E-state index is 14.4. The van der Waals surface area contributed by atoms with Crippen molar-refractivity contribution in [2.75, 3.05) is 16.8 Å². The summed E-state index contributed by atoms with van der Waals surface area (Å²) >= 11 is 3.82. The molecule has 0 aliphatic carbocycles. The number of anilines is 2. The van der Waals surface area contributed by atoms with Gasteiger partial charge in [0.1, 0.15) is 27.8 Å². The molecule has 0 saturated heterocycles. The number of aromatic nitrogens is 4. The number of carbonyl (C=O) groups is 1. The first-order chi connectivity index (χ1) is 20.4. The summed E-state index contributed by atoms with van der Waals surface area (Å²) in [5.41, 5.74) is 3.45. The lowest BCUT2D eigenvalue weighted by Crippen LogP contribution is -2.34. The van der Waals surface area contributed by atoms with Crippen molar-refractivity contribution in [2.24, 2.45) is 0 Å². The van der Waals surface area contributed by atoms with E-state index in [2.05, 4.69) is 65.8 Å². The van der Waals surface area contributed by atoms with Crippen molar-refractivity contribution in [3.63, 3.8) is 0 Å². The van der Waals surface area contributed by atoms with Crippen molar-refractivity contribution in [1.82, 2.24) is 24.9 Å². The number of amides is 1. The maximum absolute atomic E-state index is 14.4. The van der Waals surface area contributed by atoms with Gasteiger partial charge in [-0.25, -0.2) is 14.4 Å². The standard InChI is InChI=1S/C31H29BrFN7O2/c1-19-14-34-29(41)25-16-36-40-28(25)38-27(37-20(2)24-13-23(33)15-35-30(24)42-19)26(32)31(40)39(17-21-9-5-3-6-10-21)18-22-11-7-4-8-12-22/h3-13,15-16,19-20H,14,17-18H2,1-2H3,(H,34,41)(H,37,38). The molecule has 2 atom stereocenters. The number of nitrogens with zero attached hydrogens (tertiary/aromatic N) is 5. The third kappa shape index (κ3) is 5.64. The van der Waals surface area contributed by atoms with E-state index in [-0.39, 0.29) is 18.3 Å². The Balaban J connectivity index is 1.53. The summed E-state index contributed by atoms with van der Waals surface area (Å²) in [5.74, 6) is 0.651. The van der Waals surface area contributed by atoms with Crippen molar-refractivity contribution >= 4 is 39.1 Å². The number of rotatable bonds is 5. The molecule has 11 heteroatoms. The predicted octanol–water partition coefficient (Wildman–Crippen LogP) is 5.92. The van der Waals surface area contributed by atoms with E-state index in [4.69, 9.17) is 9.72 Å². The minimum absolute atomic E-state index is 0.209. The molecule has 3 aromatic heterocycles. The Kier molecular flexibility index (Phi) is 7.75. The summed E-state index contributed by atoms with van der Waals surface area (Å²) in [6.07, 6.45) is 2.23. The molecule has 0 fully saturated rings. The van der Waals surface area contributed by atoms with Crippen molar-refractivity contribution in [3.8, 4) is 5.88 Å². The molecule has 0 spiro atoms. The molecular weight excluding hydrogens is 601 g/mol.